The Bertz CT molecular complexity index is 418. The first-order valence-corrected chi connectivity index (χ1v) is 6.29. The maximum atomic E-state index is 12.2. The van der Waals surface area contributed by atoms with E-state index in [1.54, 1.807) is 6.92 Å². The van der Waals surface area contributed by atoms with Gasteiger partial charge in [-0.1, -0.05) is 6.92 Å². The summed E-state index contributed by atoms with van der Waals surface area (Å²) in [6, 6.07) is 0. The smallest absolute Gasteiger partial charge is 0.370 e. The van der Waals surface area contributed by atoms with E-state index in [2.05, 4.69) is 20.6 Å². The van der Waals surface area contributed by atoms with Gasteiger partial charge in [-0.15, -0.1) is 0 Å². The molecule has 0 aromatic carbocycles. The Balaban J connectivity index is 2.99. The third-order valence-electron chi connectivity index (χ3n) is 2.47. The van der Waals surface area contributed by atoms with Crippen molar-refractivity contribution in [1.82, 2.24) is 9.97 Å². The van der Waals surface area contributed by atoms with Crippen LogP contribution in [0.15, 0.2) is 0 Å². The first-order chi connectivity index (χ1) is 8.87. The first-order valence-electron chi connectivity index (χ1n) is 6.29. The maximum Gasteiger partial charge on any atom is 0.405 e. The summed E-state index contributed by atoms with van der Waals surface area (Å²) in [4.78, 5) is 8.46. The minimum Gasteiger partial charge on any atom is -0.370 e. The highest BCUT2D eigenvalue weighted by molar-refractivity contribution is 5.57. The molecule has 4 nitrogen and oxygen atoms in total. The minimum atomic E-state index is -4.26. The van der Waals surface area contributed by atoms with E-state index in [1.165, 1.54) is 0 Å². The molecule has 0 bridgehead atoms. The molecule has 1 aromatic rings. The predicted molar refractivity (Wildman–Crippen MR) is 69.5 cm³/mol. The number of alkyl halides is 3. The van der Waals surface area contributed by atoms with Crippen molar-refractivity contribution in [3.63, 3.8) is 0 Å². The second-order valence-electron chi connectivity index (χ2n) is 4.21. The fourth-order valence-electron chi connectivity index (χ4n) is 1.59. The largest absolute Gasteiger partial charge is 0.405 e. The molecule has 1 rings (SSSR count). The summed E-state index contributed by atoms with van der Waals surface area (Å²) in [7, 11) is 0. The normalized spacial score (nSPS) is 11.5. The molecule has 2 N–H and O–H groups in total. The van der Waals surface area contributed by atoms with E-state index in [9.17, 15) is 13.2 Å². The summed E-state index contributed by atoms with van der Waals surface area (Å²) in [5, 5.41) is 5.37. The van der Waals surface area contributed by atoms with E-state index in [4.69, 9.17) is 0 Å². The van der Waals surface area contributed by atoms with Gasteiger partial charge in [-0.05, 0) is 20.3 Å². The van der Waals surface area contributed by atoms with Gasteiger partial charge < -0.3 is 10.6 Å². The van der Waals surface area contributed by atoms with Crippen molar-refractivity contribution in [2.45, 2.75) is 39.8 Å². The van der Waals surface area contributed by atoms with Crippen LogP contribution in [0.5, 0.6) is 0 Å². The molecule has 0 unspecified atom stereocenters. The maximum absolute atomic E-state index is 12.2. The fraction of sp³-hybridized carbons (Fsp3) is 0.667. The van der Waals surface area contributed by atoms with Crippen LogP contribution in [0.4, 0.5) is 24.8 Å². The van der Waals surface area contributed by atoms with Gasteiger partial charge in [0.1, 0.15) is 24.0 Å². The summed E-state index contributed by atoms with van der Waals surface area (Å²) in [6.07, 6.45) is -2.78. The van der Waals surface area contributed by atoms with Gasteiger partial charge in [-0.3, -0.25) is 0 Å². The van der Waals surface area contributed by atoms with E-state index in [0.29, 0.717) is 30.2 Å². The van der Waals surface area contributed by atoms with E-state index in [1.807, 2.05) is 13.8 Å². The summed E-state index contributed by atoms with van der Waals surface area (Å²) < 4.78 is 36.7. The first kappa shape index (κ1) is 15.5. The lowest BCUT2D eigenvalue weighted by molar-refractivity contribution is -0.115. The van der Waals surface area contributed by atoms with E-state index in [-0.39, 0.29) is 5.82 Å². The summed E-state index contributed by atoms with van der Waals surface area (Å²) in [5.74, 6) is 1.38. The van der Waals surface area contributed by atoms with Gasteiger partial charge in [0.2, 0.25) is 0 Å². The molecule has 0 saturated carbocycles. The number of nitrogens with zero attached hydrogens (tertiary/aromatic N) is 2. The second kappa shape index (κ2) is 6.58. The average molecular weight is 276 g/mol. The zero-order valence-corrected chi connectivity index (χ0v) is 11.4. The van der Waals surface area contributed by atoms with E-state index >= 15 is 0 Å². The van der Waals surface area contributed by atoms with Crippen LogP contribution in [-0.2, 0) is 6.42 Å². The van der Waals surface area contributed by atoms with Gasteiger partial charge in [0.25, 0.3) is 0 Å². The number of anilines is 2. The quantitative estimate of drug-likeness (QED) is 0.838. The van der Waals surface area contributed by atoms with Crippen molar-refractivity contribution < 1.29 is 13.2 Å². The Labute approximate surface area is 110 Å². The molecule has 1 heterocycles. The Morgan fingerprint density at radius 2 is 1.63 bits per heavy atom. The molecule has 0 aliphatic heterocycles. The van der Waals surface area contributed by atoms with Crippen molar-refractivity contribution in [2.24, 2.45) is 0 Å². The van der Waals surface area contributed by atoms with Gasteiger partial charge in [0.05, 0.1) is 0 Å². The van der Waals surface area contributed by atoms with E-state index in [0.717, 1.165) is 6.42 Å². The van der Waals surface area contributed by atoms with Crippen LogP contribution in [0.3, 0.4) is 0 Å². The molecule has 0 aliphatic rings. The molecule has 19 heavy (non-hydrogen) atoms. The van der Waals surface area contributed by atoms with Gasteiger partial charge in [0, 0.05) is 18.5 Å². The summed E-state index contributed by atoms with van der Waals surface area (Å²) in [5.41, 5.74) is 0.603. The van der Waals surface area contributed by atoms with E-state index < -0.39 is 12.7 Å². The number of hydrogen-bond donors (Lipinski definition) is 2. The number of nitrogens with one attached hydrogen (secondary N) is 2. The standard InChI is InChI=1S/C12H19F3N4/c1-4-6-9-18-10(16-5-2)8(3)11(19-9)17-7-12(13,14)15/h4-7H2,1-3H3,(H2,16,17,18,19). The molecule has 0 aliphatic carbocycles. The molecule has 0 spiro atoms. The zero-order chi connectivity index (χ0) is 14.5. The summed E-state index contributed by atoms with van der Waals surface area (Å²) in [6.45, 7) is 5.14. The topological polar surface area (TPSA) is 49.8 Å². The van der Waals surface area contributed by atoms with Crippen LogP contribution in [0.1, 0.15) is 31.7 Å². The monoisotopic (exact) mass is 276 g/mol. The Hall–Kier alpha value is -1.53. The van der Waals surface area contributed by atoms with Crippen molar-refractivity contribution in [2.75, 3.05) is 23.7 Å². The number of aryl methyl sites for hydroxylation is 1. The second-order valence-corrected chi connectivity index (χ2v) is 4.21. The molecular formula is C12H19F3N4. The van der Waals surface area contributed by atoms with Crippen LogP contribution >= 0.6 is 0 Å². The fourth-order valence-corrected chi connectivity index (χ4v) is 1.59. The number of hydrogen-bond acceptors (Lipinski definition) is 4. The van der Waals surface area contributed by atoms with Gasteiger partial charge >= 0.3 is 6.18 Å². The third kappa shape index (κ3) is 4.92. The zero-order valence-electron chi connectivity index (χ0n) is 11.4. The predicted octanol–water partition coefficient (Wildman–Crippen LogP) is 3.14. The molecular weight excluding hydrogens is 257 g/mol. The number of rotatable bonds is 6. The SMILES string of the molecule is CCCc1nc(NCC)c(C)c(NCC(F)(F)F)n1. The molecule has 0 fully saturated rings. The van der Waals surface area contributed by atoms with Gasteiger partial charge in [-0.2, -0.15) is 13.2 Å². The van der Waals surface area contributed by atoms with Crippen LogP contribution < -0.4 is 10.6 Å². The van der Waals surface area contributed by atoms with Crippen molar-refractivity contribution in [3.8, 4) is 0 Å². The van der Waals surface area contributed by atoms with Gasteiger partial charge in [-0.25, -0.2) is 9.97 Å². The third-order valence-corrected chi connectivity index (χ3v) is 2.47. The number of halogens is 3. The molecule has 1 aromatic heterocycles. The highest BCUT2D eigenvalue weighted by atomic mass is 19.4. The molecule has 0 atom stereocenters. The molecule has 0 radical (unpaired) electrons. The lowest BCUT2D eigenvalue weighted by Crippen LogP contribution is -2.23. The van der Waals surface area contributed by atoms with Gasteiger partial charge in [0.15, 0.2) is 0 Å². The highest BCUT2D eigenvalue weighted by Crippen LogP contribution is 2.22. The van der Waals surface area contributed by atoms with Crippen molar-refractivity contribution in [1.29, 1.82) is 0 Å². The van der Waals surface area contributed by atoms with Crippen LogP contribution in [0.25, 0.3) is 0 Å². The Morgan fingerprint density at radius 3 is 2.11 bits per heavy atom. The minimum absolute atomic E-state index is 0.242. The molecule has 0 amide bonds. The van der Waals surface area contributed by atoms with Crippen molar-refractivity contribution >= 4 is 11.6 Å². The molecule has 108 valence electrons. The highest BCUT2D eigenvalue weighted by Gasteiger charge is 2.27. The van der Waals surface area contributed by atoms with Crippen molar-refractivity contribution in [3.05, 3.63) is 11.4 Å². The Morgan fingerprint density at radius 1 is 1.05 bits per heavy atom. The lowest BCUT2D eigenvalue weighted by atomic mass is 10.2. The lowest BCUT2D eigenvalue weighted by Gasteiger charge is -2.15. The number of aromatic nitrogens is 2. The summed E-state index contributed by atoms with van der Waals surface area (Å²) >= 11 is 0. The molecule has 0 saturated heterocycles. The van der Waals surface area contributed by atoms with Crippen LogP contribution in [0.2, 0.25) is 0 Å². The van der Waals surface area contributed by atoms with Crippen LogP contribution in [0, 0.1) is 6.92 Å². The molecule has 7 heteroatoms. The Kier molecular flexibility index (Phi) is 5.38. The van der Waals surface area contributed by atoms with Crippen LogP contribution in [-0.4, -0.2) is 29.2 Å². The average Bonchev–Trinajstić information content (AvgIpc) is 2.31.